The van der Waals surface area contributed by atoms with E-state index >= 15 is 0 Å². The van der Waals surface area contributed by atoms with Crippen LogP contribution in [0, 0.1) is 11.7 Å². The molecule has 2 aliphatic heterocycles. The SMILES string of the molecule is CCN(Cc1ccc2c(c1)OCCO2)C(=O)[C@@H]1CCCN(S(=O)(=O)c2ccc(F)cc2)C1. The molecule has 1 fully saturated rings. The lowest BCUT2D eigenvalue weighted by atomic mass is 9.97. The van der Waals surface area contributed by atoms with Gasteiger partial charge in [-0.05, 0) is 61.7 Å². The van der Waals surface area contributed by atoms with Crippen molar-refractivity contribution in [2.24, 2.45) is 5.92 Å². The number of benzene rings is 2. The maximum absolute atomic E-state index is 13.3. The number of hydrogen-bond acceptors (Lipinski definition) is 5. The lowest BCUT2D eigenvalue weighted by Crippen LogP contribution is -2.46. The van der Waals surface area contributed by atoms with E-state index in [2.05, 4.69) is 0 Å². The van der Waals surface area contributed by atoms with E-state index in [-0.39, 0.29) is 17.3 Å². The van der Waals surface area contributed by atoms with Gasteiger partial charge in [-0.2, -0.15) is 4.31 Å². The number of fused-ring (bicyclic) bond motifs is 1. The van der Waals surface area contributed by atoms with Gasteiger partial charge in [-0.3, -0.25) is 4.79 Å². The highest BCUT2D eigenvalue weighted by molar-refractivity contribution is 7.89. The zero-order valence-electron chi connectivity index (χ0n) is 18.0. The molecule has 32 heavy (non-hydrogen) atoms. The van der Waals surface area contributed by atoms with Crippen molar-refractivity contribution in [2.75, 3.05) is 32.8 Å². The summed E-state index contributed by atoms with van der Waals surface area (Å²) in [7, 11) is -3.78. The number of piperidine rings is 1. The Bertz CT molecular complexity index is 1070. The number of amides is 1. The molecule has 1 atom stereocenters. The van der Waals surface area contributed by atoms with Crippen LogP contribution < -0.4 is 9.47 Å². The van der Waals surface area contributed by atoms with Gasteiger partial charge in [0, 0.05) is 26.2 Å². The molecule has 2 heterocycles. The Morgan fingerprint density at radius 2 is 1.84 bits per heavy atom. The molecule has 0 aliphatic carbocycles. The minimum absolute atomic E-state index is 0.0376. The fourth-order valence-corrected chi connectivity index (χ4v) is 5.65. The molecule has 7 nitrogen and oxygen atoms in total. The van der Waals surface area contributed by atoms with E-state index in [0.29, 0.717) is 57.2 Å². The van der Waals surface area contributed by atoms with Crippen molar-refractivity contribution in [3.8, 4) is 11.5 Å². The zero-order chi connectivity index (χ0) is 22.7. The fraction of sp³-hybridized carbons (Fsp3) is 0.435. The molecule has 172 valence electrons. The normalized spacial score (nSPS) is 18.9. The first-order valence-corrected chi connectivity index (χ1v) is 12.3. The first-order chi connectivity index (χ1) is 15.4. The number of rotatable bonds is 6. The largest absolute Gasteiger partial charge is 0.486 e. The number of carbonyl (C=O) groups is 1. The van der Waals surface area contributed by atoms with Crippen LogP contribution in [0.4, 0.5) is 4.39 Å². The van der Waals surface area contributed by atoms with Crippen LogP contribution in [0.25, 0.3) is 0 Å². The third-order valence-electron chi connectivity index (χ3n) is 5.86. The lowest BCUT2D eigenvalue weighted by Gasteiger charge is -2.34. The number of carbonyl (C=O) groups excluding carboxylic acids is 1. The first kappa shape index (κ1) is 22.5. The van der Waals surface area contributed by atoms with Gasteiger partial charge in [0.2, 0.25) is 15.9 Å². The Morgan fingerprint density at radius 1 is 1.12 bits per heavy atom. The van der Waals surface area contributed by atoms with E-state index in [9.17, 15) is 17.6 Å². The molecule has 1 saturated heterocycles. The number of nitrogens with zero attached hydrogens (tertiary/aromatic N) is 2. The Kier molecular flexibility index (Phi) is 6.66. The van der Waals surface area contributed by atoms with Crippen LogP contribution in [-0.4, -0.2) is 56.4 Å². The van der Waals surface area contributed by atoms with Gasteiger partial charge < -0.3 is 14.4 Å². The van der Waals surface area contributed by atoms with Gasteiger partial charge in [0.25, 0.3) is 0 Å². The molecule has 4 rings (SSSR count). The highest BCUT2D eigenvalue weighted by Crippen LogP contribution is 2.31. The van der Waals surface area contributed by atoms with Gasteiger partial charge in [-0.25, -0.2) is 12.8 Å². The molecule has 2 aliphatic rings. The summed E-state index contributed by atoms with van der Waals surface area (Å²) in [5, 5.41) is 0. The highest BCUT2D eigenvalue weighted by Gasteiger charge is 2.35. The van der Waals surface area contributed by atoms with Gasteiger partial charge in [0.05, 0.1) is 10.8 Å². The van der Waals surface area contributed by atoms with Gasteiger partial charge in [-0.15, -0.1) is 0 Å². The van der Waals surface area contributed by atoms with Gasteiger partial charge in [0.15, 0.2) is 11.5 Å². The Balaban J connectivity index is 1.46. The molecule has 0 spiro atoms. The second-order valence-electron chi connectivity index (χ2n) is 7.99. The maximum atomic E-state index is 13.3. The Labute approximate surface area is 187 Å². The summed E-state index contributed by atoms with van der Waals surface area (Å²) < 4.78 is 51.7. The van der Waals surface area contributed by atoms with Gasteiger partial charge in [-0.1, -0.05) is 6.07 Å². The van der Waals surface area contributed by atoms with Gasteiger partial charge >= 0.3 is 0 Å². The predicted octanol–water partition coefficient (Wildman–Crippen LogP) is 3.05. The number of hydrogen-bond donors (Lipinski definition) is 0. The number of halogens is 1. The van der Waals surface area contributed by atoms with Crippen LogP contribution >= 0.6 is 0 Å². The van der Waals surface area contributed by atoms with Crippen molar-refractivity contribution >= 4 is 15.9 Å². The fourth-order valence-electron chi connectivity index (χ4n) is 4.13. The third kappa shape index (κ3) is 4.73. The summed E-state index contributed by atoms with van der Waals surface area (Å²) in [6, 6.07) is 10.4. The van der Waals surface area contributed by atoms with Crippen molar-refractivity contribution < 1.29 is 27.1 Å². The molecule has 0 radical (unpaired) electrons. The van der Waals surface area contributed by atoms with E-state index in [4.69, 9.17) is 9.47 Å². The van der Waals surface area contributed by atoms with Crippen molar-refractivity contribution in [2.45, 2.75) is 31.2 Å². The van der Waals surface area contributed by atoms with Crippen molar-refractivity contribution in [1.82, 2.24) is 9.21 Å². The highest BCUT2D eigenvalue weighted by atomic mass is 32.2. The lowest BCUT2D eigenvalue weighted by molar-refractivity contribution is -0.137. The monoisotopic (exact) mass is 462 g/mol. The molecular weight excluding hydrogens is 435 g/mol. The average molecular weight is 463 g/mol. The predicted molar refractivity (Wildman–Crippen MR) is 116 cm³/mol. The smallest absolute Gasteiger partial charge is 0.243 e. The second-order valence-corrected chi connectivity index (χ2v) is 9.92. The molecule has 0 N–H and O–H groups in total. The molecule has 2 aromatic rings. The third-order valence-corrected chi connectivity index (χ3v) is 7.74. The van der Waals surface area contributed by atoms with Gasteiger partial charge in [0.1, 0.15) is 19.0 Å². The quantitative estimate of drug-likeness (QED) is 0.660. The minimum atomic E-state index is -3.78. The van der Waals surface area contributed by atoms with E-state index in [1.165, 1.54) is 16.4 Å². The molecule has 0 aromatic heterocycles. The van der Waals surface area contributed by atoms with Crippen LogP contribution in [0.15, 0.2) is 47.4 Å². The number of ether oxygens (including phenoxy) is 2. The van der Waals surface area contributed by atoms with E-state index in [0.717, 1.165) is 17.7 Å². The summed E-state index contributed by atoms with van der Waals surface area (Å²) in [5.41, 5.74) is 0.927. The molecule has 0 saturated carbocycles. The van der Waals surface area contributed by atoms with Crippen LogP contribution in [-0.2, 0) is 21.4 Å². The second kappa shape index (κ2) is 9.46. The van der Waals surface area contributed by atoms with Crippen LogP contribution in [0.5, 0.6) is 11.5 Å². The minimum Gasteiger partial charge on any atom is -0.486 e. The van der Waals surface area contributed by atoms with Crippen molar-refractivity contribution in [1.29, 1.82) is 0 Å². The van der Waals surface area contributed by atoms with Crippen LogP contribution in [0.2, 0.25) is 0 Å². The molecule has 2 aromatic carbocycles. The van der Waals surface area contributed by atoms with Crippen molar-refractivity contribution in [3.05, 3.63) is 53.8 Å². The van der Waals surface area contributed by atoms with E-state index < -0.39 is 21.8 Å². The van der Waals surface area contributed by atoms with E-state index in [1.54, 1.807) is 4.90 Å². The molecule has 1 amide bonds. The average Bonchev–Trinajstić information content (AvgIpc) is 2.82. The summed E-state index contributed by atoms with van der Waals surface area (Å²) in [4.78, 5) is 15.1. The van der Waals surface area contributed by atoms with Crippen LogP contribution in [0.1, 0.15) is 25.3 Å². The molecular formula is C23H27FN2O5S. The van der Waals surface area contributed by atoms with Crippen LogP contribution in [0.3, 0.4) is 0 Å². The number of sulfonamides is 1. The molecule has 0 bridgehead atoms. The Hall–Kier alpha value is -2.65. The zero-order valence-corrected chi connectivity index (χ0v) is 18.8. The maximum Gasteiger partial charge on any atom is 0.243 e. The summed E-state index contributed by atoms with van der Waals surface area (Å²) in [5.74, 6) is 0.390. The van der Waals surface area contributed by atoms with E-state index in [1.807, 2.05) is 25.1 Å². The summed E-state index contributed by atoms with van der Waals surface area (Å²) in [6.07, 6.45) is 1.23. The molecule has 9 heteroatoms. The molecule has 0 unspecified atom stereocenters. The van der Waals surface area contributed by atoms with Crippen molar-refractivity contribution in [3.63, 3.8) is 0 Å². The first-order valence-electron chi connectivity index (χ1n) is 10.8. The summed E-state index contributed by atoms with van der Waals surface area (Å²) >= 11 is 0. The Morgan fingerprint density at radius 3 is 2.56 bits per heavy atom. The standard InChI is InChI=1S/C23H27FN2O5S/c1-2-25(15-17-5-10-21-22(14-17)31-13-12-30-21)23(27)18-4-3-11-26(16-18)32(28,29)20-8-6-19(24)7-9-20/h5-10,14,18H,2-4,11-13,15-16H2,1H3/t18-/m1/s1. The summed E-state index contributed by atoms with van der Waals surface area (Å²) in [6.45, 7) is 4.31. The topological polar surface area (TPSA) is 76.2 Å².